The Kier molecular flexibility index (Phi) is 6.21. The molecule has 3 aliphatic carbocycles. The van der Waals surface area contributed by atoms with Crippen LogP contribution in [0.2, 0.25) is 38.3 Å². The van der Waals surface area contributed by atoms with E-state index in [0.717, 1.165) is 16.1 Å². The molecule has 0 amide bonds. The van der Waals surface area contributed by atoms with E-state index in [1.165, 1.54) is 12.0 Å². The molecule has 0 bridgehead atoms. The first kappa shape index (κ1) is 27.1. The van der Waals surface area contributed by atoms with Crippen molar-refractivity contribution in [1.82, 2.24) is 4.67 Å². The number of hydrogen-bond acceptors (Lipinski definition) is 1. The minimum absolute atomic E-state index is 0.0909. The molecule has 35 heavy (non-hydrogen) atoms. The molecule has 2 nitrogen and oxygen atoms in total. The Balaban J connectivity index is 1.81. The predicted octanol–water partition coefficient (Wildman–Crippen LogP) is 7.42. The van der Waals surface area contributed by atoms with Crippen molar-refractivity contribution in [1.29, 1.82) is 0 Å². The van der Waals surface area contributed by atoms with Crippen LogP contribution in [0.25, 0.3) is 5.57 Å². The summed E-state index contributed by atoms with van der Waals surface area (Å²) in [4.78, 5) is 0. The van der Waals surface area contributed by atoms with Gasteiger partial charge in [-0.15, -0.1) is 0 Å². The second-order valence-electron chi connectivity index (χ2n) is 15.9. The summed E-state index contributed by atoms with van der Waals surface area (Å²) in [6, 6.07) is 7.48. The number of nitrogens with zero attached hydrogens (tertiary/aromatic N) is 2. The molecule has 0 heterocycles. The Bertz CT molecular complexity index is 1060. The molecular formula is C31H53N2Si2+. The van der Waals surface area contributed by atoms with Crippen molar-refractivity contribution in [3.8, 4) is 0 Å². The van der Waals surface area contributed by atoms with E-state index in [2.05, 4.69) is 130 Å². The lowest BCUT2D eigenvalue weighted by molar-refractivity contribution is -0.978. The van der Waals surface area contributed by atoms with Crippen molar-refractivity contribution in [3.05, 3.63) is 47.1 Å². The highest BCUT2D eigenvalue weighted by Gasteiger charge is 2.58. The maximum absolute atomic E-state index is 2.90. The van der Waals surface area contributed by atoms with Gasteiger partial charge in [-0.05, 0) is 72.8 Å². The van der Waals surface area contributed by atoms with E-state index < -0.39 is 16.3 Å². The highest BCUT2D eigenvalue weighted by molar-refractivity contribution is 6.88. The van der Waals surface area contributed by atoms with Crippen LogP contribution in [0.4, 0.5) is 0 Å². The summed E-state index contributed by atoms with van der Waals surface area (Å²) >= 11 is 0. The Morgan fingerprint density at radius 2 is 1.57 bits per heavy atom. The summed E-state index contributed by atoms with van der Waals surface area (Å²) in [5.41, 5.74) is 7.23. The van der Waals surface area contributed by atoms with Crippen molar-refractivity contribution in [3.63, 3.8) is 0 Å². The zero-order chi connectivity index (χ0) is 26.5. The van der Waals surface area contributed by atoms with Crippen molar-refractivity contribution < 1.29 is 4.59 Å². The molecule has 1 fully saturated rings. The SMILES string of the molecule is CC1CC2C=C3C(=CC2C1[Si](C)(C)N(C(C)(C)C)[N+](C)(C)C)C(C)(C)c1cc([Si](C)(C)C)ccc13. The van der Waals surface area contributed by atoms with Gasteiger partial charge in [-0.3, -0.25) is 4.59 Å². The minimum atomic E-state index is -1.81. The predicted molar refractivity (Wildman–Crippen MR) is 160 cm³/mol. The molecule has 1 saturated carbocycles. The first-order valence-electron chi connectivity index (χ1n) is 13.9. The number of fused-ring (bicyclic) bond motifs is 4. The number of hydrogen-bond donors (Lipinski definition) is 0. The first-order chi connectivity index (χ1) is 15.7. The second-order valence-corrected chi connectivity index (χ2v) is 25.3. The summed E-state index contributed by atoms with van der Waals surface area (Å²) in [5.74, 6) is 2.09. The van der Waals surface area contributed by atoms with E-state index in [-0.39, 0.29) is 11.0 Å². The molecule has 194 valence electrons. The van der Waals surface area contributed by atoms with Gasteiger partial charge in [0.15, 0.2) is 8.24 Å². The third-order valence-corrected chi connectivity index (χ3v) is 16.3. The third-order valence-electron chi connectivity index (χ3n) is 9.32. The van der Waals surface area contributed by atoms with Crippen LogP contribution in [-0.2, 0) is 5.41 Å². The third kappa shape index (κ3) is 4.30. The van der Waals surface area contributed by atoms with E-state index in [1.54, 1.807) is 21.9 Å². The fraction of sp³-hybridized carbons (Fsp3) is 0.677. The molecule has 0 aliphatic heterocycles. The Hall–Kier alpha value is -0.946. The van der Waals surface area contributed by atoms with Gasteiger partial charge in [0.2, 0.25) is 0 Å². The molecule has 4 heteroatoms. The Morgan fingerprint density at radius 1 is 0.971 bits per heavy atom. The molecule has 0 radical (unpaired) electrons. The van der Waals surface area contributed by atoms with Gasteiger partial charge in [0.05, 0.1) is 34.8 Å². The molecule has 0 aromatic heterocycles. The lowest BCUT2D eigenvalue weighted by atomic mass is 9.76. The van der Waals surface area contributed by atoms with Crippen molar-refractivity contribution in [2.45, 2.75) is 97.2 Å². The molecule has 1 aromatic carbocycles. The van der Waals surface area contributed by atoms with E-state index >= 15 is 0 Å². The van der Waals surface area contributed by atoms with Crippen LogP contribution in [0, 0.1) is 17.8 Å². The van der Waals surface area contributed by atoms with Gasteiger partial charge in [-0.1, -0.05) is 89.0 Å². The van der Waals surface area contributed by atoms with Gasteiger partial charge >= 0.3 is 0 Å². The van der Waals surface area contributed by atoms with E-state index in [4.69, 9.17) is 0 Å². The van der Waals surface area contributed by atoms with Crippen molar-refractivity contribution in [2.75, 3.05) is 21.1 Å². The molecule has 4 atom stereocenters. The fourth-order valence-electron chi connectivity index (χ4n) is 8.91. The number of allylic oxidation sites excluding steroid dienone is 4. The van der Waals surface area contributed by atoms with Crippen LogP contribution in [0.1, 0.15) is 59.1 Å². The summed E-state index contributed by atoms with van der Waals surface area (Å²) in [6.07, 6.45) is 6.83. The lowest BCUT2D eigenvalue weighted by Crippen LogP contribution is -2.72. The summed E-state index contributed by atoms with van der Waals surface area (Å²) < 4.78 is 3.81. The highest BCUT2D eigenvalue weighted by atomic mass is 28.3. The normalized spacial score (nSPS) is 28.4. The van der Waals surface area contributed by atoms with Crippen LogP contribution in [0.15, 0.2) is 35.9 Å². The lowest BCUT2D eigenvalue weighted by Gasteiger charge is -2.55. The molecule has 0 spiro atoms. The first-order valence-corrected chi connectivity index (χ1v) is 20.4. The standard InChI is InChI=1S/C31H53N2Si2/c1-21-17-22-18-26-24-16-15-23(34(10,11)12)19-27(24)31(5,6)28(26)20-25(22)29(21)35(13,14)32(30(2,3)4)33(7,8)9/h15-16,18-22,25,29H,17H2,1-14H3/q+1. The zero-order valence-electron chi connectivity index (χ0n) is 25.3. The smallest absolute Gasteiger partial charge is 0.191 e. The largest absolute Gasteiger partial charge is 0.257 e. The Labute approximate surface area is 219 Å². The van der Waals surface area contributed by atoms with Crippen molar-refractivity contribution >= 4 is 27.1 Å². The summed E-state index contributed by atoms with van der Waals surface area (Å²) in [6.45, 7) is 27.5. The topological polar surface area (TPSA) is 3.24 Å². The fourth-order valence-corrected chi connectivity index (χ4v) is 16.4. The van der Waals surface area contributed by atoms with Crippen molar-refractivity contribution in [2.24, 2.45) is 17.8 Å². The van der Waals surface area contributed by atoms with E-state index in [9.17, 15) is 0 Å². The van der Waals surface area contributed by atoms with Gasteiger partial charge in [0, 0.05) is 5.41 Å². The minimum Gasteiger partial charge on any atom is -0.257 e. The van der Waals surface area contributed by atoms with Crippen LogP contribution in [-0.4, -0.2) is 52.3 Å². The quantitative estimate of drug-likeness (QED) is 0.232. The maximum Gasteiger partial charge on any atom is 0.191 e. The maximum atomic E-state index is 2.90. The molecule has 4 rings (SSSR count). The van der Waals surface area contributed by atoms with Gasteiger partial charge in [0.1, 0.15) is 0 Å². The second kappa shape index (κ2) is 8.02. The van der Waals surface area contributed by atoms with E-state index in [1.807, 2.05) is 0 Å². The molecular weight excluding hydrogens is 457 g/mol. The monoisotopic (exact) mass is 509 g/mol. The molecule has 0 saturated heterocycles. The molecule has 3 aliphatic rings. The highest BCUT2D eigenvalue weighted by Crippen LogP contribution is 2.60. The summed E-state index contributed by atoms with van der Waals surface area (Å²) in [5, 5.41) is 1.59. The van der Waals surface area contributed by atoms with Gasteiger partial charge in [0.25, 0.3) is 0 Å². The van der Waals surface area contributed by atoms with Gasteiger partial charge in [-0.25, -0.2) is 0 Å². The molecule has 0 N–H and O–H groups in total. The average molecular weight is 510 g/mol. The average Bonchev–Trinajstić information content (AvgIpc) is 3.08. The van der Waals surface area contributed by atoms with Crippen LogP contribution in [0.5, 0.6) is 0 Å². The van der Waals surface area contributed by atoms with Crippen LogP contribution < -0.4 is 5.19 Å². The van der Waals surface area contributed by atoms with Gasteiger partial charge in [-0.2, -0.15) is 4.67 Å². The summed E-state index contributed by atoms with van der Waals surface area (Å²) in [7, 11) is 3.98. The van der Waals surface area contributed by atoms with E-state index in [0.29, 0.717) is 11.8 Å². The van der Waals surface area contributed by atoms with Gasteiger partial charge < -0.3 is 0 Å². The molecule has 4 unspecified atom stereocenters. The number of benzene rings is 1. The Morgan fingerprint density at radius 3 is 2.09 bits per heavy atom. The zero-order valence-corrected chi connectivity index (χ0v) is 27.3. The molecule has 1 aromatic rings. The number of rotatable bonds is 4. The van der Waals surface area contributed by atoms with Crippen LogP contribution in [0.3, 0.4) is 0 Å². The van der Waals surface area contributed by atoms with Crippen LogP contribution >= 0.6 is 0 Å². The number of quaternary nitrogens is 1.